The molecule has 2 aliphatic heterocycles. The van der Waals surface area contributed by atoms with Crippen LogP contribution in [-0.4, -0.2) is 30.1 Å². The quantitative estimate of drug-likeness (QED) is 0.697. The summed E-state index contributed by atoms with van der Waals surface area (Å²) in [5.74, 6) is -0.866. The number of fused-ring (bicyclic) bond motifs is 2. The van der Waals surface area contributed by atoms with Crippen LogP contribution in [0.3, 0.4) is 0 Å². The Hall–Kier alpha value is -2.99. The Morgan fingerprint density at radius 2 is 1.86 bits per heavy atom. The second-order valence-corrected chi connectivity index (χ2v) is 7.19. The molecule has 1 fully saturated rings. The molecule has 2 aromatic carbocycles. The zero-order chi connectivity index (χ0) is 19.3. The van der Waals surface area contributed by atoms with Crippen LogP contribution in [0.2, 0.25) is 0 Å². The lowest BCUT2D eigenvalue weighted by atomic mass is 9.98. The van der Waals surface area contributed by atoms with E-state index in [1.165, 1.54) is 11.0 Å². The van der Waals surface area contributed by atoms with Gasteiger partial charge in [-0.15, -0.1) is 0 Å². The molecular weight excluding hydrogens is 361 g/mol. The van der Waals surface area contributed by atoms with E-state index >= 15 is 0 Å². The minimum absolute atomic E-state index is 0.00468. The molecule has 3 aromatic rings. The molecule has 0 unspecified atom stereocenters. The van der Waals surface area contributed by atoms with Gasteiger partial charge in [0.25, 0.3) is 5.91 Å². The largest absolute Gasteiger partial charge is 0.450 e. The van der Waals surface area contributed by atoms with Crippen LogP contribution in [-0.2, 0) is 4.74 Å². The lowest BCUT2D eigenvalue weighted by molar-refractivity contribution is 0.0483. The van der Waals surface area contributed by atoms with Crippen molar-refractivity contribution in [1.29, 1.82) is 0 Å². The molecule has 0 aliphatic carbocycles. The number of rotatable bonds is 3. The van der Waals surface area contributed by atoms with Crippen molar-refractivity contribution in [2.75, 3.05) is 13.2 Å². The van der Waals surface area contributed by atoms with Gasteiger partial charge in [-0.1, -0.05) is 30.3 Å². The molecule has 142 valence electrons. The second-order valence-electron chi connectivity index (χ2n) is 7.19. The fraction of sp³-hybridized carbons (Fsp3) is 0.273. The molecule has 3 heterocycles. The SMILES string of the molecule is O=C1c2oc3ccccc3c(=O)c2[C@H](c2ccccc2F)N1C[C@H]1CCCO1. The van der Waals surface area contributed by atoms with E-state index in [1.807, 2.05) is 0 Å². The molecule has 2 atom stereocenters. The lowest BCUT2D eigenvalue weighted by Gasteiger charge is -2.27. The third-order valence-electron chi connectivity index (χ3n) is 5.50. The van der Waals surface area contributed by atoms with Crippen molar-refractivity contribution in [3.63, 3.8) is 0 Å². The van der Waals surface area contributed by atoms with E-state index in [-0.39, 0.29) is 35.0 Å². The van der Waals surface area contributed by atoms with Gasteiger partial charge < -0.3 is 14.1 Å². The van der Waals surface area contributed by atoms with Gasteiger partial charge in [0.15, 0.2) is 5.43 Å². The predicted octanol–water partition coefficient (Wildman–Crippen LogP) is 3.66. The van der Waals surface area contributed by atoms with Crippen LogP contribution in [0.15, 0.2) is 57.7 Å². The molecule has 0 N–H and O–H groups in total. The van der Waals surface area contributed by atoms with Crippen molar-refractivity contribution in [2.24, 2.45) is 0 Å². The highest BCUT2D eigenvalue weighted by Gasteiger charge is 2.44. The summed E-state index contributed by atoms with van der Waals surface area (Å²) in [6, 6.07) is 12.2. The molecule has 0 saturated carbocycles. The van der Waals surface area contributed by atoms with Gasteiger partial charge >= 0.3 is 0 Å². The number of hydrogen-bond donors (Lipinski definition) is 0. The van der Waals surface area contributed by atoms with Gasteiger partial charge in [-0.3, -0.25) is 9.59 Å². The molecule has 0 spiro atoms. The van der Waals surface area contributed by atoms with Crippen LogP contribution >= 0.6 is 0 Å². The summed E-state index contributed by atoms with van der Waals surface area (Å²) in [7, 11) is 0. The third-order valence-corrected chi connectivity index (χ3v) is 5.50. The fourth-order valence-corrected chi connectivity index (χ4v) is 4.18. The molecule has 2 aliphatic rings. The van der Waals surface area contributed by atoms with Crippen molar-refractivity contribution in [2.45, 2.75) is 25.0 Å². The normalized spacial score (nSPS) is 21.5. The van der Waals surface area contributed by atoms with Gasteiger partial charge in [0, 0.05) is 18.7 Å². The number of para-hydroxylation sites is 1. The Labute approximate surface area is 160 Å². The standard InChI is InChI=1S/C22H18FNO4/c23-16-9-3-1-7-14(16)19-18-20(25)15-8-2-4-10-17(15)28-21(18)22(26)24(19)12-13-6-5-11-27-13/h1-4,7-10,13,19H,5-6,11-12H2/t13-,19+/m1/s1. The maximum Gasteiger partial charge on any atom is 0.291 e. The number of carbonyl (C=O) groups is 1. The third kappa shape index (κ3) is 2.56. The fourth-order valence-electron chi connectivity index (χ4n) is 4.18. The van der Waals surface area contributed by atoms with E-state index in [4.69, 9.17) is 9.15 Å². The highest BCUT2D eigenvalue weighted by atomic mass is 19.1. The molecule has 1 aromatic heterocycles. The van der Waals surface area contributed by atoms with Gasteiger partial charge in [0.2, 0.25) is 5.76 Å². The van der Waals surface area contributed by atoms with E-state index in [0.717, 1.165) is 12.8 Å². The van der Waals surface area contributed by atoms with Crippen LogP contribution in [0.25, 0.3) is 11.0 Å². The first-order chi connectivity index (χ1) is 13.6. The maximum atomic E-state index is 14.7. The highest BCUT2D eigenvalue weighted by Crippen LogP contribution is 2.39. The molecule has 28 heavy (non-hydrogen) atoms. The van der Waals surface area contributed by atoms with Gasteiger partial charge in [0.05, 0.1) is 23.1 Å². The van der Waals surface area contributed by atoms with E-state index in [0.29, 0.717) is 17.6 Å². The first-order valence-electron chi connectivity index (χ1n) is 9.38. The Kier molecular flexibility index (Phi) is 4.02. The van der Waals surface area contributed by atoms with Crippen molar-refractivity contribution in [1.82, 2.24) is 4.90 Å². The summed E-state index contributed by atoms with van der Waals surface area (Å²) >= 11 is 0. The number of carbonyl (C=O) groups excluding carboxylic acids is 1. The summed E-state index contributed by atoms with van der Waals surface area (Å²) in [6.45, 7) is 0.933. The molecule has 5 nitrogen and oxygen atoms in total. The Morgan fingerprint density at radius 3 is 2.64 bits per heavy atom. The molecule has 6 heteroatoms. The first kappa shape index (κ1) is 17.1. The number of benzene rings is 2. The number of hydrogen-bond acceptors (Lipinski definition) is 4. The minimum Gasteiger partial charge on any atom is -0.450 e. The summed E-state index contributed by atoms with van der Waals surface area (Å²) in [4.78, 5) is 28.0. The molecule has 0 radical (unpaired) electrons. The van der Waals surface area contributed by atoms with Crippen LogP contribution in [0, 0.1) is 5.82 Å². The maximum absolute atomic E-state index is 14.7. The van der Waals surface area contributed by atoms with Gasteiger partial charge in [-0.25, -0.2) is 4.39 Å². The molecule has 0 bridgehead atoms. The average Bonchev–Trinajstić information content (AvgIpc) is 3.31. The summed E-state index contributed by atoms with van der Waals surface area (Å²) in [5.41, 5.74) is 0.543. The number of ether oxygens (including phenoxy) is 1. The highest BCUT2D eigenvalue weighted by molar-refractivity contribution is 5.99. The van der Waals surface area contributed by atoms with Crippen molar-refractivity contribution >= 4 is 16.9 Å². The smallest absolute Gasteiger partial charge is 0.291 e. The second kappa shape index (κ2) is 6.56. The Bertz CT molecular complexity index is 1130. The average molecular weight is 379 g/mol. The molecule has 1 saturated heterocycles. The summed E-state index contributed by atoms with van der Waals surface area (Å²) < 4.78 is 26.2. The number of halogens is 1. The van der Waals surface area contributed by atoms with Crippen molar-refractivity contribution in [3.05, 3.63) is 81.5 Å². The van der Waals surface area contributed by atoms with Crippen LogP contribution in [0.4, 0.5) is 4.39 Å². The number of nitrogens with zero attached hydrogens (tertiary/aromatic N) is 1. The van der Waals surface area contributed by atoms with E-state index in [2.05, 4.69) is 0 Å². The first-order valence-corrected chi connectivity index (χ1v) is 9.38. The zero-order valence-electron chi connectivity index (χ0n) is 15.1. The van der Waals surface area contributed by atoms with Crippen LogP contribution < -0.4 is 5.43 Å². The van der Waals surface area contributed by atoms with Crippen LogP contribution in [0.1, 0.15) is 40.6 Å². The van der Waals surface area contributed by atoms with Crippen molar-refractivity contribution < 1.29 is 18.3 Å². The van der Waals surface area contributed by atoms with E-state index < -0.39 is 17.8 Å². The van der Waals surface area contributed by atoms with E-state index in [1.54, 1.807) is 42.5 Å². The molecular formula is C22H18FNO4. The van der Waals surface area contributed by atoms with Gasteiger partial charge in [-0.05, 0) is 31.0 Å². The van der Waals surface area contributed by atoms with Gasteiger partial charge in [0.1, 0.15) is 11.4 Å². The molecule has 5 rings (SSSR count). The Balaban J connectivity index is 1.73. The van der Waals surface area contributed by atoms with Gasteiger partial charge in [-0.2, -0.15) is 0 Å². The number of amides is 1. The molecule has 1 amide bonds. The summed E-state index contributed by atoms with van der Waals surface area (Å²) in [6.07, 6.45) is 1.62. The summed E-state index contributed by atoms with van der Waals surface area (Å²) in [5, 5.41) is 0.384. The predicted molar refractivity (Wildman–Crippen MR) is 101 cm³/mol. The van der Waals surface area contributed by atoms with Crippen LogP contribution in [0.5, 0.6) is 0 Å². The topological polar surface area (TPSA) is 59.8 Å². The lowest BCUT2D eigenvalue weighted by Crippen LogP contribution is -2.36. The zero-order valence-corrected chi connectivity index (χ0v) is 15.1. The van der Waals surface area contributed by atoms with Crippen molar-refractivity contribution in [3.8, 4) is 0 Å². The monoisotopic (exact) mass is 379 g/mol. The Morgan fingerprint density at radius 1 is 1.07 bits per heavy atom. The minimum atomic E-state index is -0.825. The van der Waals surface area contributed by atoms with E-state index in [9.17, 15) is 14.0 Å².